The van der Waals surface area contributed by atoms with E-state index in [1.165, 1.54) is 0 Å². The summed E-state index contributed by atoms with van der Waals surface area (Å²) in [5, 5.41) is 11.7. The van der Waals surface area contributed by atoms with Gasteiger partial charge in [0.25, 0.3) is 0 Å². The van der Waals surface area contributed by atoms with Crippen molar-refractivity contribution >= 4 is 11.9 Å². The number of carboxylic acid groups (broad SMARTS) is 1. The number of hydrogen-bond acceptors (Lipinski definition) is 3. The molecule has 5 heteroatoms. The number of carbonyl (C=O) groups excluding carboxylic acids is 1. The van der Waals surface area contributed by atoms with Gasteiger partial charge in [-0.2, -0.15) is 0 Å². The Hall–Kier alpha value is -1.10. The first kappa shape index (κ1) is 12.0. The molecule has 0 aromatic heterocycles. The molecule has 0 heterocycles. The molecule has 1 rings (SSSR count). The number of rotatable bonds is 7. The van der Waals surface area contributed by atoms with Crippen molar-refractivity contribution in [3.8, 4) is 0 Å². The summed E-state index contributed by atoms with van der Waals surface area (Å²) in [4.78, 5) is 21.6. The second-order valence-electron chi connectivity index (χ2n) is 4.36. The van der Waals surface area contributed by atoms with Crippen molar-refractivity contribution in [2.75, 3.05) is 0 Å². The number of aliphatic carboxylic acids is 1. The SMILES string of the molecule is CC(CCCC(=O)O)(NC1CC1)C(N)=O. The molecule has 0 aromatic carbocycles. The third kappa shape index (κ3) is 3.87. The van der Waals surface area contributed by atoms with Crippen molar-refractivity contribution < 1.29 is 14.7 Å². The Balaban J connectivity index is 2.40. The summed E-state index contributed by atoms with van der Waals surface area (Å²) in [7, 11) is 0. The molecule has 86 valence electrons. The molecule has 0 spiro atoms. The van der Waals surface area contributed by atoms with E-state index < -0.39 is 17.4 Å². The number of primary amides is 1. The van der Waals surface area contributed by atoms with E-state index >= 15 is 0 Å². The van der Waals surface area contributed by atoms with Crippen LogP contribution in [0.5, 0.6) is 0 Å². The number of nitrogens with one attached hydrogen (secondary N) is 1. The lowest BCUT2D eigenvalue weighted by atomic mass is 9.94. The fourth-order valence-electron chi connectivity index (χ4n) is 1.54. The Kier molecular flexibility index (Phi) is 3.68. The largest absolute Gasteiger partial charge is 0.481 e. The van der Waals surface area contributed by atoms with Crippen LogP contribution >= 0.6 is 0 Å². The van der Waals surface area contributed by atoms with E-state index in [2.05, 4.69) is 5.32 Å². The fourth-order valence-corrected chi connectivity index (χ4v) is 1.54. The second kappa shape index (κ2) is 4.61. The Labute approximate surface area is 89.0 Å². The van der Waals surface area contributed by atoms with Crippen molar-refractivity contribution in [1.29, 1.82) is 0 Å². The third-order valence-electron chi connectivity index (χ3n) is 2.71. The maximum atomic E-state index is 11.3. The highest BCUT2D eigenvalue weighted by atomic mass is 16.4. The predicted molar refractivity (Wildman–Crippen MR) is 55.2 cm³/mol. The van der Waals surface area contributed by atoms with Crippen molar-refractivity contribution in [2.24, 2.45) is 5.73 Å². The van der Waals surface area contributed by atoms with Gasteiger partial charge in [-0.15, -0.1) is 0 Å². The smallest absolute Gasteiger partial charge is 0.303 e. The topological polar surface area (TPSA) is 92.4 Å². The van der Waals surface area contributed by atoms with Crippen molar-refractivity contribution in [3.05, 3.63) is 0 Å². The van der Waals surface area contributed by atoms with Crippen LogP contribution in [0.4, 0.5) is 0 Å². The molecule has 15 heavy (non-hydrogen) atoms. The maximum absolute atomic E-state index is 11.3. The minimum absolute atomic E-state index is 0.0786. The van der Waals surface area contributed by atoms with Gasteiger partial charge in [0.1, 0.15) is 0 Å². The van der Waals surface area contributed by atoms with Crippen LogP contribution in [0, 0.1) is 0 Å². The zero-order valence-electron chi connectivity index (χ0n) is 8.95. The Bertz CT molecular complexity index is 263. The number of nitrogens with two attached hydrogens (primary N) is 1. The summed E-state index contributed by atoms with van der Waals surface area (Å²) >= 11 is 0. The molecule has 0 bridgehead atoms. The quantitative estimate of drug-likeness (QED) is 0.566. The molecule has 0 aliphatic heterocycles. The fraction of sp³-hybridized carbons (Fsp3) is 0.800. The van der Waals surface area contributed by atoms with Crippen LogP contribution in [0.15, 0.2) is 0 Å². The van der Waals surface area contributed by atoms with Gasteiger partial charge >= 0.3 is 5.97 Å². The van der Waals surface area contributed by atoms with E-state index in [-0.39, 0.29) is 6.42 Å². The van der Waals surface area contributed by atoms with E-state index in [1.807, 2.05) is 0 Å². The molecule has 1 saturated carbocycles. The van der Waals surface area contributed by atoms with Gasteiger partial charge in [-0.25, -0.2) is 0 Å². The standard InChI is InChI=1S/C10H18N2O3/c1-10(9(11)15,12-7-4-5-7)6-2-3-8(13)14/h7,12H,2-6H2,1H3,(H2,11,15)(H,13,14). The third-order valence-corrected chi connectivity index (χ3v) is 2.71. The van der Waals surface area contributed by atoms with Crippen LogP contribution in [-0.4, -0.2) is 28.6 Å². The Morgan fingerprint density at radius 1 is 1.53 bits per heavy atom. The Morgan fingerprint density at radius 2 is 2.13 bits per heavy atom. The average molecular weight is 214 g/mol. The number of hydrogen-bond donors (Lipinski definition) is 3. The van der Waals surface area contributed by atoms with Gasteiger partial charge in [-0.3, -0.25) is 9.59 Å². The average Bonchev–Trinajstić information content (AvgIpc) is 2.87. The molecule has 1 aliphatic carbocycles. The van der Waals surface area contributed by atoms with Gasteiger partial charge < -0.3 is 16.2 Å². The number of carboxylic acids is 1. The first-order chi connectivity index (χ1) is 6.94. The van der Waals surface area contributed by atoms with Gasteiger partial charge in [0.2, 0.25) is 5.91 Å². The molecule has 1 fully saturated rings. The molecule has 1 atom stereocenters. The lowest BCUT2D eigenvalue weighted by molar-refractivity contribution is -0.137. The minimum Gasteiger partial charge on any atom is -0.481 e. The van der Waals surface area contributed by atoms with E-state index in [4.69, 9.17) is 10.8 Å². The van der Waals surface area contributed by atoms with Crippen molar-refractivity contribution in [3.63, 3.8) is 0 Å². The summed E-state index contributed by atoms with van der Waals surface area (Å²) in [6.07, 6.45) is 3.17. The normalized spacial score (nSPS) is 19.5. The Morgan fingerprint density at radius 3 is 2.53 bits per heavy atom. The van der Waals surface area contributed by atoms with E-state index in [9.17, 15) is 9.59 Å². The van der Waals surface area contributed by atoms with E-state index in [0.29, 0.717) is 18.9 Å². The van der Waals surface area contributed by atoms with Gasteiger partial charge in [-0.05, 0) is 32.6 Å². The molecular formula is C10H18N2O3. The molecule has 4 N–H and O–H groups in total. The van der Waals surface area contributed by atoms with Crippen molar-refractivity contribution in [2.45, 2.75) is 50.6 Å². The molecule has 0 saturated heterocycles. The van der Waals surface area contributed by atoms with Crippen LogP contribution in [0.1, 0.15) is 39.0 Å². The monoisotopic (exact) mass is 214 g/mol. The minimum atomic E-state index is -0.840. The lowest BCUT2D eigenvalue weighted by Gasteiger charge is -2.27. The van der Waals surface area contributed by atoms with Gasteiger partial charge in [0.15, 0.2) is 0 Å². The van der Waals surface area contributed by atoms with Crippen LogP contribution in [0.2, 0.25) is 0 Å². The highest BCUT2D eigenvalue weighted by Crippen LogP contribution is 2.24. The molecule has 1 amide bonds. The second-order valence-corrected chi connectivity index (χ2v) is 4.36. The summed E-state index contributed by atoms with van der Waals surface area (Å²) in [5.41, 5.74) is 4.56. The summed E-state index contributed by atoms with van der Waals surface area (Å²) in [6, 6.07) is 0.382. The molecular weight excluding hydrogens is 196 g/mol. The predicted octanol–water partition coefficient (Wildman–Crippen LogP) is 0.237. The molecule has 5 nitrogen and oxygen atoms in total. The summed E-state index contributed by atoms with van der Waals surface area (Å²) in [6.45, 7) is 1.75. The molecule has 1 aliphatic rings. The zero-order valence-corrected chi connectivity index (χ0v) is 8.95. The van der Waals surface area contributed by atoms with Crippen molar-refractivity contribution in [1.82, 2.24) is 5.32 Å². The zero-order chi connectivity index (χ0) is 11.5. The van der Waals surface area contributed by atoms with Crippen LogP contribution < -0.4 is 11.1 Å². The van der Waals surface area contributed by atoms with E-state index in [0.717, 1.165) is 12.8 Å². The lowest BCUT2D eigenvalue weighted by Crippen LogP contribution is -2.54. The van der Waals surface area contributed by atoms with Gasteiger partial charge in [0, 0.05) is 12.5 Å². The van der Waals surface area contributed by atoms with Gasteiger partial charge in [-0.1, -0.05) is 0 Å². The highest BCUT2D eigenvalue weighted by molar-refractivity contribution is 5.84. The molecule has 1 unspecified atom stereocenters. The first-order valence-corrected chi connectivity index (χ1v) is 5.23. The van der Waals surface area contributed by atoms with E-state index in [1.54, 1.807) is 6.92 Å². The maximum Gasteiger partial charge on any atom is 0.303 e. The highest BCUT2D eigenvalue weighted by Gasteiger charge is 2.36. The van der Waals surface area contributed by atoms with Crippen LogP contribution in [0.25, 0.3) is 0 Å². The number of amides is 1. The number of carbonyl (C=O) groups is 2. The summed E-state index contributed by atoms with van der Waals surface area (Å²) in [5.74, 6) is -1.24. The molecule has 0 aromatic rings. The van der Waals surface area contributed by atoms with Crippen LogP contribution in [0.3, 0.4) is 0 Å². The molecule has 0 radical (unpaired) electrons. The van der Waals surface area contributed by atoms with Crippen LogP contribution in [-0.2, 0) is 9.59 Å². The van der Waals surface area contributed by atoms with Gasteiger partial charge in [0.05, 0.1) is 5.54 Å². The summed E-state index contributed by atoms with van der Waals surface area (Å²) < 4.78 is 0. The first-order valence-electron chi connectivity index (χ1n) is 5.23.